The van der Waals surface area contributed by atoms with Crippen LogP contribution in [0.3, 0.4) is 0 Å². The van der Waals surface area contributed by atoms with E-state index in [2.05, 4.69) is 17.6 Å². The molecule has 1 heterocycles. The number of nitrogens with one attached hydrogen (secondary N) is 2. The molecule has 3 nitrogen and oxygen atoms in total. The van der Waals surface area contributed by atoms with Gasteiger partial charge in [0.05, 0.1) is 0 Å². The summed E-state index contributed by atoms with van der Waals surface area (Å²) in [5, 5.41) is 6.46. The molecule has 1 fully saturated rings. The molecule has 0 aliphatic carbocycles. The molecule has 1 aromatic carbocycles. The maximum absolute atomic E-state index is 12.0. The summed E-state index contributed by atoms with van der Waals surface area (Å²) in [6.45, 7) is 6.17. The number of carbonyl (C=O) groups excluding carboxylic acids is 1. The van der Waals surface area contributed by atoms with E-state index in [9.17, 15) is 4.79 Å². The predicted molar refractivity (Wildman–Crippen MR) is 69.1 cm³/mol. The van der Waals surface area contributed by atoms with Crippen molar-refractivity contribution in [3.8, 4) is 0 Å². The van der Waals surface area contributed by atoms with Crippen LogP contribution >= 0.6 is 0 Å². The molecule has 1 aliphatic rings. The van der Waals surface area contributed by atoms with Crippen LogP contribution in [0.25, 0.3) is 0 Å². The van der Waals surface area contributed by atoms with Gasteiger partial charge in [0, 0.05) is 11.6 Å². The summed E-state index contributed by atoms with van der Waals surface area (Å²) < 4.78 is 0. The lowest BCUT2D eigenvalue weighted by molar-refractivity contribution is 0.0914. The molecule has 0 bridgehead atoms. The predicted octanol–water partition coefficient (Wildman–Crippen LogP) is 1.72. The van der Waals surface area contributed by atoms with Crippen molar-refractivity contribution >= 4 is 5.91 Å². The van der Waals surface area contributed by atoms with E-state index in [-0.39, 0.29) is 5.91 Å². The van der Waals surface area contributed by atoms with Crippen molar-refractivity contribution in [2.75, 3.05) is 13.1 Å². The van der Waals surface area contributed by atoms with Gasteiger partial charge in [0.1, 0.15) is 0 Å². The maximum atomic E-state index is 12.0. The van der Waals surface area contributed by atoms with E-state index >= 15 is 0 Å². The fraction of sp³-hybridized carbons (Fsp3) is 0.500. The van der Waals surface area contributed by atoms with E-state index in [1.165, 1.54) is 5.56 Å². The summed E-state index contributed by atoms with van der Waals surface area (Å²) >= 11 is 0. The van der Waals surface area contributed by atoms with Gasteiger partial charge in [-0.1, -0.05) is 24.6 Å². The van der Waals surface area contributed by atoms with Crippen LogP contribution in [-0.4, -0.2) is 25.0 Å². The third kappa shape index (κ3) is 3.07. The zero-order valence-corrected chi connectivity index (χ0v) is 10.5. The first-order valence-corrected chi connectivity index (χ1v) is 6.25. The van der Waals surface area contributed by atoms with Crippen LogP contribution < -0.4 is 10.6 Å². The lowest BCUT2D eigenvalue weighted by Crippen LogP contribution is -2.48. The van der Waals surface area contributed by atoms with Crippen LogP contribution in [0.5, 0.6) is 0 Å². The SMILES string of the molecule is Cc1ccc(C(=O)NC2CCNCC2C)cc1. The van der Waals surface area contributed by atoms with E-state index in [1.807, 2.05) is 31.2 Å². The molecular weight excluding hydrogens is 212 g/mol. The normalized spacial score (nSPS) is 24.4. The summed E-state index contributed by atoms with van der Waals surface area (Å²) in [5.74, 6) is 0.543. The molecule has 2 N–H and O–H groups in total. The van der Waals surface area contributed by atoms with Crippen LogP contribution in [-0.2, 0) is 0 Å². The molecule has 2 atom stereocenters. The van der Waals surface area contributed by atoms with E-state index in [0.29, 0.717) is 12.0 Å². The molecule has 1 saturated heterocycles. The van der Waals surface area contributed by atoms with Crippen molar-refractivity contribution in [3.63, 3.8) is 0 Å². The Balaban J connectivity index is 1.98. The summed E-state index contributed by atoms with van der Waals surface area (Å²) in [4.78, 5) is 12.0. The second-order valence-electron chi connectivity index (χ2n) is 4.92. The van der Waals surface area contributed by atoms with Crippen molar-refractivity contribution in [2.24, 2.45) is 5.92 Å². The molecule has 17 heavy (non-hydrogen) atoms. The number of amides is 1. The molecule has 0 radical (unpaired) electrons. The minimum atomic E-state index is 0.0451. The summed E-state index contributed by atoms with van der Waals surface area (Å²) in [6.07, 6.45) is 1.01. The van der Waals surface area contributed by atoms with Gasteiger partial charge in [-0.05, 0) is 44.5 Å². The molecule has 1 amide bonds. The second kappa shape index (κ2) is 5.32. The van der Waals surface area contributed by atoms with Crippen molar-refractivity contribution in [1.29, 1.82) is 0 Å². The quantitative estimate of drug-likeness (QED) is 0.815. The van der Waals surface area contributed by atoms with Gasteiger partial charge in [0.2, 0.25) is 0 Å². The van der Waals surface area contributed by atoms with E-state index in [1.54, 1.807) is 0 Å². The minimum absolute atomic E-state index is 0.0451. The molecule has 2 unspecified atom stereocenters. The van der Waals surface area contributed by atoms with Gasteiger partial charge in [-0.2, -0.15) is 0 Å². The maximum Gasteiger partial charge on any atom is 0.251 e. The Hall–Kier alpha value is -1.35. The van der Waals surface area contributed by atoms with Gasteiger partial charge in [-0.3, -0.25) is 4.79 Å². The van der Waals surface area contributed by atoms with Crippen molar-refractivity contribution in [2.45, 2.75) is 26.3 Å². The molecule has 0 aromatic heterocycles. The number of benzene rings is 1. The monoisotopic (exact) mass is 232 g/mol. The Morgan fingerprint density at radius 1 is 1.35 bits per heavy atom. The first-order chi connectivity index (χ1) is 8.16. The van der Waals surface area contributed by atoms with Gasteiger partial charge in [-0.15, -0.1) is 0 Å². The van der Waals surface area contributed by atoms with Gasteiger partial charge in [-0.25, -0.2) is 0 Å². The van der Waals surface area contributed by atoms with Gasteiger partial charge in [0.15, 0.2) is 0 Å². The first kappa shape index (κ1) is 12.1. The number of hydrogen-bond acceptors (Lipinski definition) is 2. The largest absolute Gasteiger partial charge is 0.349 e. The number of aryl methyl sites for hydroxylation is 1. The van der Waals surface area contributed by atoms with Gasteiger partial charge < -0.3 is 10.6 Å². The average molecular weight is 232 g/mol. The highest BCUT2D eigenvalue weighted by molar-refractivity contribution is 5.94. The second-order valence-corrected chi connectivity index (χ2v) is 4.92. The van der Waals surface area contributed by atoms with Crippen LogP contribution in [0.4, 0.5) is 0 Å². The van der Waals surface area contributed by atoms with Crippen LogP contribution in [0.15, 0.2) is 24.3 Å². The molecule has 1 aromatic rings. The topological polar surface area (TPSA) is 41.1 Å². The third-order valence-corrected chi connectivity index (χ3v) is 3.42. The highest BCUT2D eigenvalue weighted by Crippen LogP contribution is 2.11. The Morgan fingerprint density at radius 3 is 2.71 bits per heavy atom. The van der Waals surface area contributed by atoms with Crippen molar-refractivity contribution in [3.05, 3.63) is 35.4 Å². The van der Waals surface area contributed by atoms with Gasteiger partial charge in [0.25, 0.3) is 5.91 Å². The summed E-state index contributed by atoms with van der Waals surface area (Å²) in [7, 11) is 0. The van der Waals surface area contributed by atoms with Crippen molar-refractivity contribution in [1.82, 2.24) is 10.6 Å². The Bertz CT molecular complexity index is 386. The zero-order valence-electron chi connectivity index (χ0n) is 10.5. The number of rotatable bonds is 2. The standard InChI is InChI=1S/C14H20N2O/c1-10-3-5-12(6-4-10)14(17)16-13-7-8-15-9-11(13)2/h3-6,11,13,15H,7-9H2,1-2H3,(H,16,17). The number of piperidine rings is 1. The molecule has 3 heteroatoms. The van der Waals surface area contributed by atoms with E-state index < -0.39 is 0 Å². The Morgan fingerprint density at radius 2 is 2.06 bits per heavy atom. The molecule has 2 rings (SSSR count). The van der Waals surface area contributed by atoms with Gasteiger partial charge >= 0.3 is 0 Å². The van der Waals surface area contributed by atoms with Crippen LogP contribution in [0, 0.1) is 12.8 Å². The lowest BCUT2D eigenvalue weighted by Gasteiger charge is -2.30. The summed E-state index contributed by atoms with van der Waals surface area (Å²) in [5.41, 5.74) is 1.93. The number of hydrogen-bond donors (Lipinski definition) is 2. The van der Waals surface area contributed by atoms with Crippen LogP contribution in [0.2, 0.25) is 0 Å². The third-order valence-electron chi connectivity index (χ3n) is 3.42. The Kier molecular flexibility index (Phi) is 3.79. The smallest absolute Gasteiger partial charge is 0.251 e. The fourth-order valence-electron chi connectivity index (χ4n) is 2.19. The molecule has 1 aliphatic heterocycles. The highest BCUT2D eigenvalue weighted by Gasteiger charge is 2.22. The first-order valence-electron chi connectivity index (χ1n) is 6.25. The minimum Gasteiger partial charge on any atom is -0.349 e. The lowest BCUT2D eigenvalue weighted by atomic mass is 9.95. The van der Waals surface area contributed by atoms with E-state index in [4.69, 9.17) is 0 Å². The molecule has 0 spiro atoms. The molecular formula is C14H20N2O. The molecule has 92 valence electrons. The Labute approximate surface area is 103 Å². The van der Waals surface area contributed by atoms with E-state index in [0.717, 1.165) is 25.1 Å². The van der Waals surface area contributed by atoms with Crippen molar-refractivity contribution < 1.29 is 4.79 Å². The highest BCUT2D eigenvalue weighted by atomic mass is 16.1. The molecule has 0 saturated carbocycles. The zero-order chi connectivity index (χ0) is 12.3. The summed E-state index contributed by atoms with van der Waals surface area (Å²) in [6, 6.07) is 8.01. The number of carbonyl (C=O) groups is 1. The average Bonchev–Trinajstić information content (AvgIpc) is 2.33. The fourth-order valence-corrected chi connectivity index (χ4v) is 2.19. The van der Waals surface area contributed by atoms with Crippen LogP contribution in [0.1, 0.15) is 29.3 Å².